The zero-order valence-electron chi connectivity index (χ0n) is 18.5. The molecule has 1 unspecified atom stereocenters. The highest BCUT2D eigenvalue weighted by atomic mass is 32.1. The first-order chi connectivity index (χ1) is 16.5. The van der Waals surface area contributed by atoms with Crippen molar-refractivity contribution in [3.63, 3.8) is 0 Å². The van der Waals surface area contributed by atoms with Crippen molar-refractivity contribution in [2.45, 2.75) is 44.3 Å². The quantitative estimate of drug-likeness (QED) is 0.481. The minimum Gasteiger partial charge on any atom is -0.459 e. The van der Waals surface area contributed by atoms with Gasteiger partial charge in [0.25, 0.3) is 5.91 Å². The number of halogens is 1. The summed E-state index contributed by atoms with van der Waals surface area (Å²) in [5.74, 6) is -1.62. The molecule has 0 spiro atoms. The number of hydrogen-bond acceptors (Lipinski definition) is 5. The molecule has 2 N–H and O–H groups in total. The fraction of sp³-hybridized carbons (Fsp3) is 0.320. The third kappa shape index (κ3) is 5.91. The van der Waals surface area contributed by atoms with Gasteiger partial charge >= 0.3 is 0 Å². The average Bonchev–Trinajstić information content (AvgIpc) is 3.62. The van der Waals surface area contributed by atoms with Gasteiger partial charge in [-0.2, -0.15) is 0 Å². The normalized spacial score (nSPS) is 14.5. The molecule has 1 aliphatic carbocycles. The van der Waals surface area contributed by atoms with Gasteiger partial charge in [-0.05, 0) is 54.1 Å². The van der Waals surface area contributed by atoms with Crippen molar-refractivity contribution < 1.29 is 23.2 Å². The van der Waals surface area contributed by atoms with Crippen molar-refractivity contribution in [1.82, 2.24) is 15.5 Å². The third-order valence-electron chi connectivity index (χ3n) is 5.82. The smallest absolute Gasteiger partial charge is 0.287 e. The topological polar surface area (TPSA) is 91.7 Å². The van der Waals surface area contributed by atoms with Gasteiger partial charge in [-0.1, -0.05) is 31.0 Å². The molecule has 34 heavy (non-hydrogen) atoms. The lowest BCUT2D eigenvalue weighted by atomic mass is 10.0. The molecule has 3 aromatic rings. The van der Waals surface area contributed by atoms with E-state index in [2.05, 4.69) is 10.6 Å². The molecular formula is C25H26FN3O4S. The molecule has 1 fully saturated rings. The van der Waals surface area contributed by atoms with Gasteiger partial charge in [-0.25, -0.2) is 4.39 Å². The average molecular weight is 484 g/mol. The summed E-state index contributed by atoms with van der Waals surface area (Å²) in [6, 6.07) is 11.5. The van der Waals surface area contributed by atoms with Crippen LogP contribution >= 0.6 is 11.3 Å². The zero-order chi connectivity index (χ0) is 23.9. The highest BCUT2D eigenvalue weighted by Crippen LogP contribution is 2.27. The number of amides is 3. The van der Waals surface area contributed by atoms with Crippen molar-refractivity contribution in [3.8, 4) is 0 Å². The number of hydrogen-bond donors (Lipinski definition) is 2. The highest BCUT2D eigenvalue weighted by molar-refractivity contribution is 7.09. The van der Waals surface area contributed by atoms with Crippen LogP contribution in [0.25, 0.3) is 0 Å². The molecule has 1 saturated carbocycles. The molecule has 7 nitrogen and oxygen atoms in total. The summed E-state index contributed by atoms with van der Waals surface area (Å²) in [4.78, 5) is 41.5. The van der Waals surface area contributed by atoms with Crippen LogP contribution < -0.4 is 10.6 Å². The Bertz CT molecular complexity index is 1090. The van der Waals surface area contributed by atoms with E-state index < -0.39 is 23.7 Å². The molecule has 4 rings (SSSR count). The summed E-state index contributed by atoms with van der Waals surface area (Å²) in [7, 11) is 0. The van der Waals surface area contributed by atoms with Crippen LogP contribution in [0.1, 0.15) is 52.7 Å². The van der Waals surface area contributed by atoms with Gasteiger partial charge in [0, 0.05) is 10.9 Å². The number of furan rings is 1. The number of carbonyl (C=O) groups is 3. The predicted molar refractivity (Wildman–Crippen MR) is 125 cm³/mol. The van der Waals surface area contributed by atoms with Gasteiger partial charge in [-0.3, -0.25) is 14.4 Å². The fourth-order valence-corrected chi connectivity index (χ4v) is 4.82. The van der Waals surface area contributed by atoms with E-state index in [1.807, 2.05) is 17.5 Å². The van der Waals surface area contributed by atoms with Crippen LogP contribution in [-0.4, -0.2) is 35.2 Å². The first-order valence-electron chi connectivity index (χ1n) is 11.2. The molecule has 1 atom stereocenters. The van der Waals surface area contributed by atoms with E-state index in [0.717, 1.165) is 30.6 Å². The lowest BCUT2D eigenvalue weighted by Crippen LogP contribution is -2.48. The predicted octanol–water partition coefficient (Wildman–Crippen LogP) is 4.04. The lowest BCUT2D eigenvalue weighted by Gasteiger charge is -2.32. The maximum absolute atomic E-state index is 13.7. The Morgan fingerprint density at radius 3 is 2.50 bits per heavy atom. The van der Waals surface area contributed by atoms with Crippen molar-refractivity contribution in [2.24, 2.45) is 0 Å². The van der Waals surface area contributed by atoms with Crippen LogP contribution in [0.3, 0.4) is 0 Å². The second-order valence-corrected chi connectivity index (χ2v) is 9.24. The van der Waals surface area contributed by atoms with E-state index >= 15 is 0 Å². The van der Waals surface area contributed by atoms with E-state index in [1.54, 1.807) is 6.07 Å². The summed E-state index contributed by atoms with van der Waals surface area (Å²) in [6.07, 6.45) is 5.24. The summed E-state index contributed by atoms with van der Waals surface area (Å²) in [6.45, 7) is -0.146. The minimum atomic E-state index is -0.976. The lowest BCUT2D eigenvalue weighted by molar-refractivity contribution is -0.141. The Hall–Kier alpha value is -3.46. The monoisotopic (exact) mass is 483 g/mol. The number of benzene rings is 1. The van der Waals surface area contributed by atoms with Crippen molar-refractivity contribution in [1.29, 1.82) is 0 Å². The van der Waals surface area contributed by atoms with Crippen molar-refractivity contribution >= 4 is 29.1 Å². The Morgan fingerprint density at radius 1 is 1.09 bits per heavy atom. The molecule has 9 heteroatoms. The molecule has 178 valence electrons. The molecule has 0 aliphatic heterocycles. The van der Waals surface area contributed by atoms with Crippen LogP contribution in [0.5, 0.6) is 0 Å². The minimum absolute atomic E-state index is 0.0489. The van der Waals surface area contributed by atoms with Crippen molar-refractivity contribution in [2.75, 3.05) is 6.54 Å². The number of carbonyl (C=O) groups excluding carboxylic acids is 3. The van der Waals surface area contributed by atoms with E-state index in [9.17, 15) is 18.8 Å². The summed E-state index contributed by atoms with van der Waals surface area (Å²) in [5, 5.41) is 7.52. The SMILES string of the molecule is O=C(NCC(=O)N(Cc1cccs1)C(C(=O)NC1CCCC1)c1ccc(F)cc1)c1ccco1. The fourth-order valence-electron chi connectivity index (χ4n) is 4.11. The molecule has 1 aliphatic rings. The van der Waals surface area contributed by atoms with Gasteiger partial charge in [0.2, 0.25) is 11.8 Å². The number of rotatable bonds is 9. The number of nitrogens with zero attached hydrogens (tertiary/aromatic N) is 1. The van der Waals surface area contributed by atoms with Crippen LogP contribution in [0.2, 0.25) is 0 Å². The van der Waals surface area contributed by atoms with Gasteiger partial charge < -0.3 is 20.0 Å². The Balaban J connectivity index is 1.60. The number of thiophene rings is 1. The van der Waals surface area contributed by atoms with E-state index in [-0.39, 0.29) is 30.8 Å². The maximum atomic E-state index is 13.7. The first-order valence-corrected chi connectivity index (χ1v) is 12.1. The van der Waals surface area contributed by atoms with Gasteiger partial charge in [0.05, 0.1) is 19.4 Å². The molecule has 0 radical (unpaired) electrons. The molecular weight excluding hydrogens is 457 g/mol. The molecule has 2 aromatic heterocycles. The van der Waals surface area contributed by atoms with Crippen molar-refractivity contribution in [3.05, 3.63) is 82.2 Å². The van der Waals surface area contributed by atoms with Gasteiger partial charge in [0.1, 0.15) is 11.9 Å². The van der Waals surface area contributed by atoms with Crippen LogP contribution in [0.4, 0.5) is 4.39 Å². The Labute approximate surface area is 200 Å². The Kier molecular flexibility index (Phi) is 7.74. The van der Waals surface area contributed by atoms with E-state index in [0.29, 0.717) is 5.56 Å². The standard InChI is InChI=1S/C25H26FN3O4S/c26-18-11-9-17(10-12-18)23(25(32)28-19-5-1-2-6-19)29(16-20-7-4-14-34-20)22(30)15-27-24(31)21-8-3-13-33-21/h3-4,7-14,19,23H,1-2,5-6,15-16H2,(H,27,31)(H,28,32). The molecule has 1 aromatic carbocycles. The zero-order valence-corrected chi connectivity index (χ0v) is 19.4. The van der Waals surface area contributed by atoms with E-state index in [4.69, 9.17) is 4.42 Å². The van der Waals surface area contributed by atoms with E-state index in [1.165, 1.54) is 52.8 Å². The Morgan fingerprint density at radius 2 is 1.85 bits per heavy atom. The summed E-state index contributed by atoms with van der Waals surface area (Å²) in [5.41, 5.74) is 0.499. The molecule has 0 bridgehead atoms. The molecule has 3 amide bonds. The second kappa shape index (κ2) is 11.1. The maximum Gasteiger partial charge on any atom is 0.287 e. The second-order valence-electron chi connectivity index (χ2n) is 8.21. The first kappa shape index (κ1) is 23.7. The number of nitrogens with one attached hydrogen (secondary N) is 2. The van der Waals surface area contributed by atoms with Crippen LogP contribution in [0.15, 0.2) is 64.6 Å². The molecule has 2 heterocycles. The summed E-state index contributed by atoms with van der Waals surface area (Å²) < 4.78 is 18.7. The third-order valence-corrected chi connectivity index (χ3v) is 6.68. The van der Waals surface area contributed by atoms with Gasteiger partial charge in [0.15, 0.2) is 5.76 Å². The highest BCUT2D eigenvalue weighted by Gasteiger charge is 2.33. The van der Waals surface area contributed by atoms with Gasteiger partial charge in [-0.15, -0.1) is 11.3 Å². The van der Waals surface area contributed by atoms with Crippen LogP contribution in [-0.2, 0) is 16.1 Å². The largest absolute Gasteiger partial charge is 0.459 e. The summed E-state index contributed by atoms with van der Waals surface area (Å²) >= 11 is 1.46. The van der Waals surface area contributed by atoms with Crippen LogP contribution in [0, 0.1) is 5.82 Å². The molecule has 0 saturated heterocycles.